The maximum absolute atomic E-state index is 11.8. The average Bonchev–Trinajstić information content (AvgIpc) is 2.29. The summed E-state index contributed by atoms with van der Waals surface area (Å²) in [5, 5.41) is 10.8. The van der Waals surface area contributed by atoms with Gasteiger partial charge >= 0.3 is 0 Å². The summed E-state index contributed by atoms with van der Waals surface area (Å²) < 4.78 is 12.2. The number of halogens is 1. The van der Waals surface area contributed by atoms with Gasteiger partial charge < -0.3 is 5.73 Å². The lowest BCUT2D eigenvalue weighted by molar-refractivity contribution is -0.385. The topological polar surface area (TPSA) is 86.2 Å². The van der Waals surface area contributed by atoms with Gasteiger partial charge in [0.2, 0.25) is 0 Å². The number of benzene rings is 1. The van der Waals surface area contributed by atoms with Gasteiger partial charge in [0.25, 0.3) is 5.69 Å². The minimum atomic E-state index is -1.06. The molecule has 0 amide bonds. The molecule has 5 nitrogen and oxygen atoms in total. The SMILES string of the molecule is CC(N)CCS(=O)Cc1cccc([N+](=O)[O-])c1Br. The van der Waals surface area contributed by atoms with Crippen molar-refractivity contribution in [1.29, 1.82) is 0 Å². The first kappa shape index (κ1) is 15.3. The van der Waals surface area contributed by atoms with Crippen molar-refractivity contribution in [2.45, 2.75) is 25.1 Å². The third-order valence-electron chi connectivity index (χ3n) is 2.37. The molecule has 2 atom stereocenters. The largest absolute Gasteiger partial charge is 0.328 e. The lowest BCUT2D eigenvalue weighted by Gasteiger charge is -2.07. The van der Waals surface area contributed by atoms with E-state index in [1.807, 2.05) is 6.92 Å². The summed E-state index contributed by atoms with van der Waals surface area (Å²) in [5.74, 6) is 0.807. The van der Waals surface area contributed by atoms with Gasteiger partial charge in [0.05, 0.1) is 9.40 Å². The minimum Gasteiger partial charge on any atom is -0.328 e. The Kier molecular flexibility index (Phi) is 5.90. The molecule has 1 aromatic carbocycles. The summed E-state index contributed by atoms with van der Waals surface area (Å²) in [6.07, 6.45) is 0.680. The second kappa shape index (κ2) is 6.96. The fourth-order valence-electron chi connectivity index (χ4n) is 1.38. The molecular formula is C11H15BrN2O3S. The summed E-state index contributed by atoms with van der Waals surface area (Å²) in [5.41, 5.74) is 6.28. The maximum Gasteiger partial charge on any atom is 0.283 e. The van der Waals surface area contributed by atoms with Gasteiger partial charge in [-0.05, 0) is 34.8 Å². The molecule has 0 aliphatic rings. The highest BCUT2D eigenvalue weighted by atomic mass is 79.9. The monoisotopic (exact) mass is 334 g/mol. The van der Waals surface area contributed by atoms with Gasteiger partial charge in [-0.1, -0.05) is 12.1 Å². The molecule has 7 heteroatoms. The minimum absolute atomic E-state index is 0.00306. The van der Waals surface area contributed by atoms with E-state index in [4.69, 9.17) is 5.73 Å². The van der Waals surface area contributed by atoms with Crippen LogP contribution in [0.2, 0.25) is 0 Å². The highest BCUT2D eigenvalue weighted by molar-refractivity contribution is 9.10. The van der Waals surface area contributed by atoms with Crippen LogP contribution in [0.4, 0.5) is 5.69 Å². The zero-order valence-electron chi connectivity index (χ0n) is 9.97. The van der Waals surface area contributed by atoms with E-state index >= 15 is 0 Å². The van der Waals surface area contributed by atoms with Crippen LogP contribution in [0.5, 0.6) is 0 Å². The van der Waals surface area contributed by atoms with Gasteiger partial charge in [0.15, 0.2) is 0 Å². The van der Waals surface area contributed by atoms with Crippen LogP contribution >= 0.6 is 15.9 Å². The molecule has 0 fully saturated rings. The Labute approximate surface area is 116 Å². The standard InChI is InChI=1S/C11H15BrN2O3S/c1-8(13)5-6-18(17)7-9-3-2-4-10(11(9)12)14(15)16/h2-4,8H,5-7,13H2,1H3. The quantitative estimate of drug-likeness (QED) is 0.639. The van der Waals surface area contributed by atoms with Gasteiger partial charge in [-0.2, -0.15) is 0 Å². The fourth-order valence-corrected chi connectivity index (χ4v) is 3.48. The Morgan fingerprint density at radius 3 is 2.78 bits per heavy atom. The van der Waals surface area contributed by atoms with Crippen molar-refractivity contribution in [3.8, 4) is 0 Å². The predicted octanol–water partition coefficient (Wildman–Crippen LogP) is 2.34. The van der Waals surface area contributed by atoms with E-state index in [0.29, 0.717) is 28.0 Å². The van der Waals surface area contributed by atoms with Crippen LogP contribution in [0.3, 0.4) is 0 Å². The van der Waals surface area contributed by atoms with Gasteiger partial charge in [-0.3, -0.25) is 14.3 Å². The molecule has 2 N–H and O–H groups in total. The normalized spacial score (nSPS) is 14.2. The number of hydrogen-bond acceptors (Lipinski definition) is 4. The van der Waals surface area contributed by atoms with E-state index in [0.717, 1.165) is 0 Å². The molecule has 1 rings (SSSR count). The first-order valence-corrected chi connectivity index (χ1v) is 7.72. The van der Waals surface area contributed by atoms with E-state index < -0.39 is 15.7 Å². The van der Waals surface area contributed by atoms with Crippen molar-refractivity contribution in [2.75, 3.05) is 5.75 Å². The first-order chi connectivity index (χ1) is 8.41. The highest BCUT2D eigenvalue weighted by Gasteiger charge is 2.16. The fraction of sp³-hybridized carbons (Fsp3) is 0.455. The van der Waals surface area contributed by atoms with Gasteiger partial charge in [0, 0.05) is 34.4 Å². The second-order valence-electron chi connectivity index (χ2n) is 4.06. The zero-order chi connectivity index (χ0) is 13.7. The van der Waals surface area contributed by atoms with Crippen LogP contribution in [-0.4, -0.2) is 20.9 Å². The molecule has 0 aliphatic carbocycles. The van der Waals surface area contributed by atoms with Crippen molar-refractivity contribution < 1.29 is 9.13 Å². The zero-order valence-corrected chi connectivity index (χ0v) is 12.4. The van der Waals surface area contributed by atoms with Crippen molar-refractivity contribution >= 4 is 32.4 Å². The molecule has 2 unspecified atom stereocenters. The molecule has 1 aromatic rings. The van der Waals surface area contributed by atoms with Gasteiger partial charge in [-0.25, -0.2) is 0 Å². The Bertz CT molecular complexity index is 466. The Morgan fingerprint density at radius 1 is 1.56 bits per heavy atom. The lowest BCUT2D eigenvalue weighted by atomic mass is 10.2. The number of nitrogens with two attached hydrogens (primary N) is 1. The summed E-state index contributed by atoms with van der Waals surface area (Å²) in [4.78, 5) is 10.3. The number of hydrogen-bond donors (Lipinski definition) is 1. The number of nitrogens with zero attached hydrogens (tertiary/aromatic N) is 1. The van der Waals surface area contributed by atoms with Crippen LogP contribution in [0.1, 0.15) is 18.9 Å². The van der Waals surface area contributed by atoms with Crippen LogP contribution in [0.15, 0.2) is 22.7 Å². The van der Waals surface area contributed by atoms with Crippen LogP contribution in [-0.2, 0) is 16.6 Å². The number of nitro groups is 1. The Hall–Kier alpha value is -0.790. The second-order valence-corrected chi connectivity index (χ2v) is 6.43. The summed E-state index contributed by atoms with van der Waals surface area (Å²) in [6.45, 7) is 1.86. The predicted molar refractivity (Wildman–Crippen MR) is 75.8 cm³/mol. The average molecular weight is 335 g/mol. The van der Waals surface area contributed by atoms with Crippen LogP contribution in [0, 0.1) is 10.1 Å². The van der Waals surface area contributed by atoms with Crippen molar-refractivity contribution in [3.05, 3.63) is 38.3 Å². The molecule has 0 radical (unpaired) electrons. The third kappa shape index (κ3) is 4.47. The number of nitro benzene ring substituents is 1. The molecule has 0 heterocycles. The van der Waals surface area contributed by atoms with E-state index in [1.54, 1.807) is 12.1 Å². The van der Waals surface area contributed by atoms with E-state index in [9.17, 15) is 14.3 Å². The van der Waals surface area contributed by atoms with Crippen LogP contribution < -0.4 is 5.73 Å². The van der Waals surface area contributed by atoms with Crippen LogP contribution in [0.25, 0.3) is 0 Å². The van der Waals surface area contributed by atoms with E-state index in [1.165, 1.54) is 6.07 Å². The van der Waals surface area contributed by atoms with E-state index in [2.05, 4.69) is 15.9 Å². The molecule has 0 aliphatic heterocycles. The maximum atomic E-state index is 11.8. The lowest BCUT2D eigenvalue weighted by Crippen LogP contribution is -2.18. The molecule has 0 saturated heterocycles. The molecule has 18 heavy (non-hydrogen) atoms. The summed E-state index contributed by atoms with van der Waals surface area (Å²) >= 11 is 3.19. The molecule has 0 spiro atoms. The highest BCUT2D eigenvalue weighted by Crippen LogP contribution is 2.29. The molecule has 0 saturated carbocycles. The van der Waals surface area contributed by atoms with Gasteiger partial charge in [0.1, 0.15) is 0 Å². The Morgan fingerprint density at radius 2 is 2.22 bits per heavy atom. The summed E-state index contributed by atoms with van der Waals surface area (Å²) in [7, 11) is -1.06. The molecule has 0 aromatic heterocycles. The molecule has 0 bridgehead atoms. The summed E-state index contributed by atoms with van der Waals surface area (Å²) in [6, 6.07) is 4.77. The smallest absolute Gasteiger partial charge is 0.283 e. The van der Waals surface area contributed by atoms with Gasteiger partial charge in [-0.15, -0.1) is 0 Å². The van der Waals surface area contributed by atoms with E-state index in [-0.39, 0.29) is 11.7 Å². The van der Waals surface area contributed by atoms with Crippen molar-refractivity contribution in [3.63, 3.8) is 0 Å². The molecular weight excluding hydrogens is 320 g/mol. The van der Waals surface area contributed by atoms with Crippen molar-refractivity contribution in [2.24, 2.45) is 5.73 Å². The Balaban J connectivity index is 2.76. The third-order valence-corrected chi connectivity index (χ3v) is 4.61. The first-order valence-electron chi connectivity index (χ1n) is 5.44. The molecule has 100 valence electrons. The van der Waals surface area contributed by atoms with Crippen molar-refractivity contribution in [1.82, 2.24) is 0 Å². The number of rotatable bonds is 6.